The Kier molecular flexibility index (Phi) is 10.6. The summed E-state index contributed by atoms with van der Waals surface area (Å²) in [6.45, 7) is 0.160. The van der Waals surface area contributed by atoms with Crippen LogP contribution < -0.4 is 20.9 Å². The predicted octanol–water partition coefficient (Wildman–Crippen LogP) is 3.02. The molecule has 42 heavy (non-hydrogen) atoms. The molecule has 0 aliphatic heterocycles. The maximum Gasteiger partial charge on any atom is 0.278 e. The zero-order valence-corrected chi connectivity index (χ0v) is 22.9. The molecule has 0 spiro atoms. The van der Waals surface area contributed by atoms with Crippen molar-refractivity contribution in [2.75, 3.05) is 11.9 Å². The molecule has 0 saturated carbocycles. The Morgan fingerprint density at radius 3 is 2.50 bits per heavy atom. The maximum atomic E-state index is 13.3. The normalized spacial score (nSPS) is 13.3. The number of nitrogens with zero attached hydrogens (tertiary/aromatic N) is 3. The molecule has 4 rings (SSSR count). The molecule has 2 aromatic heterocycles. The number of hydrogen-bond acceptors (Lipinski definition) is 8. The zero-order valence-electron chi connectivity index (χ0n) is 22.9. The topological polar surface area (TPSA) is 149 Å². The van der Waals surface area contributed by atoms with Crippen molar-refractivity contribution in [2.45, 2.75) is 44.7 Å². The van der Waals surface area contributed by atoms with Gasteiger partial charge in [-0.05, 0) is 49.5 Å². The van der Waals surface area contributed by atoms with Crippen LogP contribution in [0.15, 0.2) is 89.5 Å². The lowest BCUT2D eigenvalue weighted by atomic mass is 9.95. The monoisotopic (exact) mass is 569 g/mol. The van der Waals surface area contributed by atoms with Crippen molar-refractivity contribution in [3.05, 3.63) is 95.1 Å². The fraction of sp³-hybridized carbons (Fsp3) is 0.258. The van der Waals surface area contributed by atoms with Gasteiger partial charge < -0.3 is 15.4 Å². The van der Waals surface area contributed by atoms with E-state index in [0.29, 0.717) is 42.9 Å². The lowest BCUT2D eigenvalue weighted by molar-refractivity contribution is -0.131. The van der Waals surface area contributed by atoms with Gasteiger partial charge in [0, 0.05) is 23.9 Å². The average Bonchev–Trinajstić information content (AvgIpc) is 3.00. The molecule has 2 N–H and O–H groups in total. The molecule has 1 aliphatic carbocycles. The summed E-state index contributed by atoms with van der Waals surface area (Å²) in [5.74, 6) is -0.792. The van der Waals surface area contributed by atoms with Crippen LogP contribution in [0.4, 0.5) is 5.69 Å². The van der Waals surface area contributed by atoms with E-state index >= 15 is 0 Å². The standard InChI is InChI=1S/C31H31N5O6/c37-21-34-25-19-33-30(23-9-3-1-4-10-23)36(31(25)41)20-28(40)35-24(17-22-13-14-26(38)27(39)18-22)11-5-2-8-16-42-29-12-6-7-15-32-29/h1,3-4,6-7,9-10,12-15,18-19,21,24H,2,5,8,11,16-17,20H2,(H,34,37)(H,35,40). The molecule has 1 atom stereocenters. The number of aromatic nitrogens is 3. The molecule has 11 nitrogen and oxygen atoms in total. The number of unbranched alkanes of at least 4 members (excludes halogenated alkanes) is 2. The van der Waals surface area contributed by atoms with E-state index in [2.05, 4.69) is 20.6 Å². The third-order valence-corrected chi connectivity index (χ3v) is 6.54. The molecule has 0 bridgehead atoms. The minimum atomic E-state index is -0.603. The molecule has 2 heterocycles. The van der Waals surface area contributed by atoms with E-state index < -0.39 is 23.0 Å². The van der Waals surface area contributed by atoms with Crippen molar-refractivity contribution >= 4 is 29.6 Å². The number of rotatable bonds is 15. The number of carbonyl (C=O) groups is 4. The number of carbonyl (C=O) groups excluding carboxylic acids is 4. The summed E-state index contributed by atoms with van der Waals surface area (Å²) in [5, 5.41) is 5.31. The van der Waals surface area contributed by atoms with Gasteiger partial charge in [0.2, 0.25) is 29.8 Å². The minimum absolute atomic E-state index is 0.0531. The third kappa shape index (κ3) is 8.40. The van der Waals surface area contributed by atoms with E-state index in [1.807, 2.05) is 18.2 Å². The predicted molar refractivity (Wildman–Crippen MR) is 156 cm³/mol. The van der Waals surface area contributed by atoms with Crippen LogP contribution in [-0.2, 0) is 25.7 Å². The minimum Gasteiger partial charge on any atom is -0.478 e. The van der Waals surface area contributed by atoms with Gasteiger partial charge in [-0.15, -0.1) is 0 Å². The van der Waals surface area contributed by atoms with Crippen LogP contribution in [0, 0.1) is 0 Å². The van der Waals surface area contributed by atoms with E-state index in [1.54, 1.807) is 42.6 Å². The summed E-state index contributed by atoms with van der Waals surface area (Å²) < 4.78 is 6.85. The van der Waals surface area contributed by atoms with Crippen molar-refractivity contribution < 1.29 is 23.9 Å². The summed E-state index contributed by atoms with van der Waals surface area (Å²) in [5.41, 5.74) is 0.634. The van der Waals surface area contributed by atoms with Crippen LogP contribution >= 0.6 is 0 Å². The van der Waals surface area contributed by atoms with E-state index in [4.69, 9.17) is 4.74 Å². The first-order chi connectivity index (χ1) is 20.4. The molecule has 0 fully saturated rings. The number of nitrogens with one attached hydrogen (secondary N) is 2. The van der Waals surface area contributed by atoms with Gasteiger partial charge in [0.15, 0.2) is 0 Å². The molecule has 3 aromatic rings. The summed E-state index contributed by atoms with van der Waals surface area (Å²) in [4.78, 5) is 69.5. The van der Waals surface area contributed by atoms with Crippen molar-refractivity contribution in [3.63, 3.8) is 0 Å². The van der Waals surface area contributed by atoms with Crippen LogP contribution in [-0.4, -0.2) is 51.1 Å². The molecule has 1 aliphatic rings. The highest BCUT2D eigenvalue weighted by atomic mass is 16.5. The smallest absolute Gasteiger partial charge is 0.278 e. The SMILES string of the molecule is O=CNc1cnc(-c2ccccc2)n(CC(=O)NC(CCCCCOc2ccccn2)CC2=CC(=O)C(=O)C=C2)c1=O. The first kappa shape index (κ1) is 29.8. The second kappa shape index (κ2) is 15.0. The van der Waals surface area contributed by atoms with Gasteiger partial charge in [-0.3, -0.25) is 28.5 Å². The van der Waals surface area contributed by atoms with Crippen molar-refractivity contribution in [3.8, 4) is 17.3 Å². The Labute approximate surface area is 242 Å². The van der Waals surface area contributed by atoms with Crippen molar-refractivity contribution in [1.29, 1.82) is 0 Å². The zero-order chi connectivity index (χ0) is 29.7. The fourth-order valence-electron chi connectivity index (χ4n) is 4.50. The van der Waals surface area contributed by atoms with Gasteiger partial charge in [0.05, 0.1) is 12.8 Å². The van der Waals surface area contributed by atoms with Gasteiger partial charge in [-0.2, -0.15) is 0 Å². The number of hydrogen-bond donors (Lipinski definition) is 2. The Morgan fingerprint density at radius 2 is 1.76 bits per heavy atom. The average molecular weight is 570 g/mol. The molecule has 11 heteroatoms. The molecule has 216 valence electrons. The Hall–Kier alpha value is -5.19. The number of allylic oxidation sites excluding steroid dienone is 3. The summed E-state index contributed by atoms with van der Waals surface area (Å²) >= 11 is 0. The van der Waals surface area contributed by atoms with Crippen LogP contribution in [0.3, 0.4) is 0 Å². The van der Waals surface area contributed by atoms with Gasteiger partial charge in [-0.1, -0.05) is 48.9 Å². The Morgan fingerprint density at radius 1 is 0.952 bits per heavy atom. The molecule has 0 saturated heterocycles. The maximum absolute atomic E-state index is 13.3. The number of benzene rings is 1. The largest absolute Gasteiger partial charge is 0.478 e. The van der Waals surface area contributed by atoms with Gasteiger partial charge >= 0.3 is 0 Å². The van der Waals surface area contributed by atoms with Crippen LogP contribution in [0.25, 0.3) is 11.4 Å². The number of ether oxygens (including phenoxy) is 1. The van der Waals surface area contributed by atoms with Crippen LogP contribution in [0.1, 0.15) is 32.1 Å². The van der Waals surface area contributed by atoms with Gasteiger partial charge in [0.25, 0.3) is 5.56 Å². The van der Waals surface area contributed by atoms with Crippen molar-refractivity contribution in [1.82, 2.24) is 19.9 Å². The second-order valence-electron chi connectivity index (χ2n) is 9.63. The lowest BCUT2D eigenvalue weighted by Crippen LogP contribution is -2.40. The number of anilines is 1. The Balaban J connectivity index is 1.44. The van der Waals surface area contributed by atoms with Gasteiger partial charge in [0.1, 0.15) is 18.1 Å². The highest BCUT2D eigenvalue weighted by Gasteiger charge is 2.20. The lowest BCUT2D eigenvalue weighted by Gasteiger charge is -2.21. The molecule has 0 radical (unpaired) electrons. The fourth-order valence-corrected chi connectivity index (χ4v) is 4.50. The number of ketones is 2. The highest BCUT2D eigenvalue weighted by Crippen LogP contribution is 2.18. The van der Waals surface area contributed by atoms with Crippen LogP contribution in [0.5, 0.6) is 5.88 Å². The van der Waals surface area contributed by atoms with Crippen LogP contribution in [0.2, 0.25) is 0 Å². The van der Waals surface area contributed by atoms with Gasteiger partial charge in [-0.25, -0.2) is 9.97 Å². The summed E-state index contributed by atoms with van der Waals surface area (Å²) in [7, 11) is 0. The van der Waals surface area contributed by atoms with E-state index in [0.717, 1.165) is 19.3 Å². The summed E-state index contributed by atoms with van der Waals surface area (Å²) in [6, 6.07) is 14.0. The summed E-state index contributed by atoms with van der Waals surface area (Å²) in [6.07, 6.45) is 10.7. The van der Waals surface area contributed by atoms with E-state index in [-0.39, 0.29) is 24.1 Å². The van der Waals surface area contributed by atoms with E-state index in [9.17, 15) is 24.0 Å². The van der Waals surface area contributed by atoms with E-state index in [1.165, 1.54) is 22.9 Å². The second-order valence-corrected chi connectivity index (χ2v) is 9.63. The third-order valence-electron chi connectivity index (χ3n) is 6.54. The molecule has 1 aromatic carbocycles. The highest BCUT2D eigenvalue weighted by molar-refractivity contribution is 6.46. The quantitative estimate of drug-likeness (QED) is 0.123. The molecule has 1 unspecified atom stereocenters. The first-order valence-corrected chi connectivity index (χ1v) is 13.6. The van der Waals surface area contributed by atoms with Crippen molar-refractivity contribution in [2.24, 2.45) is 0 Å². The number of pyridine rings is 1. The molecule has 2 amide bonds. The molecular weight excluding hydrogens is 538 g/mol. The Bertz CT molecular complexity index is 1530. The molecular formula is C31H31N5O6. The number of amides is 2. The first-order valence-electron chi connectivity index (χ1n) is 13.6.